The highest BCUT2D eigenvalue weighted by molar-refractivity contribution is 7.15. The fourth-order valence-corrected chi connectivity index (χ4v) is 4.96. The molecule has 0 bridgehead atoms. The molecular formula is C27H34N8O7S. The van der Waals surface area contributed by atoms with E-state index in [1.165, 1.54) is 24.5 Å². The van der Waals surface area contributed by atoms with Crippen molar-refractivity contribution in [2.75, 3.05) is 44.9 Å². The Morgan fingerprint density at radius 1 is 1.14 bits per heavy atom. The van der Waals surface area contributed by atoms with Crippen LogP contribution in [0, 0.1) is 5.92 Å². The molecule has 1 fully saturated rings. The molecule has 230 valence electrons. The molecule has 16 heteroatoms. The molecule has 0 atom stereocenters. The Morgan fingerprint density at radius 3 is 2.58 bits per heavy atom. The normalized spacial score (nSPS) is 13.0. The third-order valence-corrected chi connectivity index (χ3v) is 7.23. The van der Waals surface area contributed by atoms with Gasteiger partial charge in [-0.2, -0.15) is 0 Å². The molecule has 7 N–H and O–H groups in total. The highest BCUT2D eigenvalue weighted by atomic mass is 32.1. The molecule has 2 heterocycles. The lowest BCUT2D eigenvalue weighted by molar-refractivity contribution is -0.323. The molecule has 0 radical (unpaired) electrons. The van der Waals surface area contributed by atoms with Crippen LogP contribution in [0.15, 0.2) is 30.5 Å². The predicted molar refractivity (Wildman–Crippen MR) is 158 cm³/mol. The standard InChI is InChI=1S/C27H34N8O7S/c1-35(2)11-5-10-28-21(36)12-16-14-29-26(43-16)17-6-4-7-18(23(17)42-3)30-19-13-20(31-24(37)15-8-9-15)33-34-22(19)25(38)32-27(39,40)41/h4,6-7,13-15,39-41H,5,8-12H2,1-3H3,(H,28,36)(H,32,38)(H2,30,31,33,37). The lowest BCUT2D eigenvalue weighted by atomic mass is 10.1. The Morgan fingerprint density at radius 2 is 1.91 bits per heavy atom. The number of thiazole rings is 1. The highest BCUT2D eigenvalue weighted by Crippen LogP contribution is 2.40. The number of ether oxygens (including phenoxy) is 1. The molecule has 0 spiro atoms. The molecule has 43 heavy (non-hydrogen) atoms. The van der Waals surface area contributed by atoms with Gasteiger partial charge in [0.1, 0.15) is 5.01 Å². The monoisotopic (exact) mass is 614 g/mol. The number of amides is 3. The molecule has 15 nitrogen and oxygen atoms in total. The van der Waals surface area contributed by atoms with Crippen LogP contribution >= 0.6 is 11.3 Å². The number of rotatable bonds is 14. The van der Waals surface area contributed by atoms with Gasteiger partial charge in [0.25, 0.3) is 5.91 Å². The zero-order valence-corrected chi connectivity index (χ0v) is 24.7. The van der Waals surface area contributed by atoms with E-state index in [0.717, 1.165) is 30.7 Å². The van der Waals surface area contributed by atoms with Gasteiger partial charge in [-0.1, -0.05) is 6.07 Å². The number of nitrogens with one attached hydrogen (secondary N) is 4. The summed E-state index contributed by atoms with van der Waals surface area (Å²) in [7, 11) is 5.41. The van der Waals surface area contributed by atoms with E-state index >= 15 is 0 Å². The van der Waals surface area contributed by atoms with Crippen LogP contribution in [0.4, 0.5) is 17.2 Å². The number of carbonyl (C=O) groups is 3. The summed E-state index contributed by atoms with van der Waals surface area (Å²) >= 11 is 1.33. The van der Waals surface area contributed by atoms with Crippen LogP contribution in [-0.4, -0.2) is 93.5 Å². The van der Waals surface area contributed by atoms with Crippen LogP contribution in [0.3, 0.4) is 0 Å². The van der Waals surface area contributed by atoms with Crippen LogP contribution in [0.1, 0.15) is 34.6 Å². The molecular weight excluding hydrogens is 580 g/mol. The first kappa shape index (κ1) is 31.7. The molecule has 1 aliphatic rings. The second kappa shape index (κ2) is 13.8. The number of para-hydroxylation sites is 1. The smallest absolute Gasteiger partial charge is 0.369 e. The van der Waals surface area contributed by atoms with E-state index < -0.39 is 17.7 Å². The topological polar surface area (TPSA) is 211 Å². The van der Waals surface area contributed by atoms with Gasteiger partial charge < -0.3 is 40.9 Å². The van der Waals surface area contributed by atoms with E-state index in [2.05, 4.69) is 31.1 Å². The van der Waals surface area contributed by atoms with Crippen molar-refractivity contribution in [1.82, 2.24) is 30.7 Å². The van der Waals surface area contributed by atoms with Gasteiger partial charge >= 0.3 is 6.10 Å². The maximum atomic E-state index is 12.7. The average Bonchev–Trinajstić information content (AvgIpc) is 3.69. The molecule has 0 aliphatic heterocycles. The quantitative estimate of drug-likeness (QED) is 0.0985. The molecule has 1 aromatic carbocycles. The lowest BCUT2D eigenvalue weighted by Crippen LogP contribution is -2.48. The number of benzene rings is 1. The van der Waals surface area contributed by atoms with Crippen molar-refractivity contribution in [3.05, 3.63) is 41.0 Å². The molecule has 2 aromatic heterocycles. The summed E-state index contributed by atoms with van der Waals surface area (Å²) in [5, 5.41) is 46.2. The van der Waals surface area contributed by atoms with Gasteiger partial charge in [-0.05, 0) is 52.0 Å². The van der Waals surface area contributed by atoms with Gasteiger partial charge in [0, 0.05) is 29.6 Å². The highest BCUT2D eigenvalue weighted by Gasteiger charge is 2.31. The minimum Gasteiger partial charge on any atom is -0.494 e. The minimum absolute atomic E-state index is 0.0177. The van der Waals surface area contributed by atoms with Crippen LogP contribution in [0.5, 0.6) is 5.75 Å². The van der Waals surface area contributed by atoms with Crippen molar-refractivity contribution in [2.24, 2.45) is 5.92 Å². The SMILES string of the molecule is COc1c(Nc2cc(NC(=O)C3CC3)nnc2C(=O)NC(O)(O)O)cccc1-c1ncc(CC(=O)NCCCN(C)C)s1. The molecule has 0 unspecified atom stereocenters. The van der Waals surface area contributed by atoms with E-state index in [9.17, 15) is 29.7 Å². The first-order chi connectivity index (χ1) is 20.4. The third-order valence-electron chi connectivity index (χ3n) is 6.20. The van der Waals surface area contributed by atoms with Crippen molar-refractivity contribution in [2.45, 2.75) is 31.8 Å². The van der Waals surface area contributed by atoms with E-state index in [1.54, 1.807) is 29.7 Å². The molecule has 3 amide bonds. The molecule has 4 rings (SSSR count). The maximum absolute atomic E-state index is 12.7. The van der Waals surface area contributed by atoms with Gasteiger partial charge in [0.2, 0.25) is 11.8 Å². The molecule has 1 saturated carbocycles. The first-order valence-electron chi connectivity index (χ1n) is 13.4. The predicted octanol–water partition coefficient (Wildman–Crippen LogP) is 0.629. The number of hydrogen-bond acceptors (Lipinski definition) is 13. The summed E-state index contributed by atoms with van der Waals surface area (Å²) in [6, 6.07) is 6.52. The second-order valence-electron chi connectivity index (χ2n) is 10.2. The van der Waals surface area contributed by atoms with E-state index in [1.807, 2.05) is 19.0 Å². The van der Waals surface area contributed by atoms with Crippen LogP contribution in [-0.2, 0) is 16.0 Å². The number of aromatic nitrogens is 3. The van der Waals surface area contributed by atoms with E-state index in [4.69, 9.17) is 4.74 Å². The fraction of sp³-hybridized carbons (Fsp3) is 0.407. The summed E-state index contributed by atoms with van der Waals surface area (Å²) in [4.78, 5) is 44.6. The largest absolute Gasteiger partial charge is 0.494 e. The van der Waals surface area contributed by atoms with E-state index in [0.29, 0.717) is 28.6 Å². The van der Waals surface area contributed by atoms with Gasteiger partial charge in [-0.15, -0.1) is 21.5 Å². The zero-order chi connectivity index (χ0) is 31.1. The molecule has 3 aromatic rings. The zero-order valence-electron chi connectivity index (χ0n) is 23.9. The van der Waals surface area contributed by atoms with Crippen molar-refractivity contribution < 1.29 is 34.4 Å². The number of methoxy groups -OCH3 is 1. The number of anilines is 3. The number of carbonyl (C=O) groups excluding carboxylic acids is 3. The minimum atomic E-state index is -3.50. The Hall–Kier alpha value is -4.22. The van der Waals surface area contributed by atoms with Crippen molar-refractivity contribution >= 4 is 46.3 Å². The summed E-state index contributed by atoms with van der Waals surface area (Å²) in [6.45, 7) is 1.45. The van der Waals surface area contributed by atoms with Gasteiger partial charge in [-0.3, -0.25) is 19.7 Å². The van der Waals surface area contributed by atoms with Gasteiger partial charge in [-0.25, -0.2) is 4.98 Å². The Kier molecular flexibility index (Phi) is 10.2. The third kappa shape index (κ3) is 9.13. The first-order valence-corrected chi connectivity index (χ1v) is 14.2. The summed E-state index contributed by atoms with van der Waals surface area (Å²) in [5.41, 5.74) is 0.585. The van der Waals surface area contributed by atoms with E-state index in [-0.39, 0.29) is 35.7 Å². The number of hydrogen-bond donors (Lipinski definition) is 7. The van der Waals surface area contributed by atoms with Crippen LogP contribution in [0.2, 0.25) is 0 Å². The lowest BCUT2D eigenvalue weighted by Gasteiger charge is -2.18. The van der Waals surface area contributed by atoms with Crippen molar-refractivity contribution in [3.63, 3.8) is 0 Å². The number of nitrogens with zero attached hydrogens (tertiary/aromatic N) is 4. The Labute approximate surface area is 251 Å². The maximum Gasteiger partial charge on any atom is 0.369 e. The molecule has 0 saturated heterocycles. The second-order valence-corrected chi connectivity index (χ2v) is 11.3. The summed E-state index contributed by atoms with van der Waals surface area (Å²) in [5.74, 6) is -1.21. The average molecular weight is 615 g/mol. The van der Waals surface area contributed by atoms with Crippen LogP contribution < -0.4 is 26.0 Å². The van der Waals surface area contributed by atoms with Crippen molar-refractivity contribution in [1.29, 1.82) is 0 Å². The molecule has 1 aliphatic carbocycles. The summed E-state index contributed by atoms with van der Waals surface area (Å²) < 4.78 is 5.69. The summed E-state index contributed by atoms with van der Waals surface area (Å²) in [6.07, 6.45) is 0.681. The number of aliphatic hydroxyl groups is 3. The Balaban J connectivity index is 1.57. The van der Waals surface area contributed by atoms with Crippen LogP contribution in [0.25, 0.3) is 10.6 Å². The Bertz CT molecular complexity index is 1470. The van der Waals surface area contributed by atoms with Crippen molar-refractivity contribution in [3.8, 4) is 16.3 Å². The fourth-order valence-electron chi connectivity index (χ4n) is 4.03. The van der Waals surface area contributed by atoms with Gasteiger partial charge in [0.15, 0.2) is 17.3 Å². The van der Waals surface area contributed by atoms with Gasteiger partial charge in [0.05, 0.1) is 30.5 Å².